The van der Waals surface area contributed by atoms with Crippen molar-refractivity contribution >= 4 is 15.6 Å². The second-order valence-electron chi connectivity index (χ2n) is 4.85. The Hall–Kier alpha value is -0.620. The predicted molar refractivity (Wildman–Crippen MR) is 57.8 cm³/mol. The minimum Gasteiger partial charge on any atom is -0.368 e. The van der Waals surface area contributed by atoms with Crippen molar-refractivity contribution in [3.8, 4) is 0 Å². The molecule has 5 nitrogen and oxygen atoms in total. The van der Waals surface area contributed by atoms with Gasteiger partial charge in [0.1, 0.15) is 0 Å². The fourth-order valence-electron chi connectivity index (χ4n) is 2.50. The van der Waals surface area contributed by atoms with E-state index >= 15 is 0 Å². The van der Waals surface area contributed by atoms with E-state index in [1.165, 1.54) is 6.26 Å². The smallest absolute Gasteiger partial charge is 0.234 e. The third-order valence-corrected chi connectivity index (χ3v) is 4.48. The molecule has 4 unspecified atom stereocenters. The monoisotopic (exact) mass is 231 g/mol. The van der Waals surface area contributed by atoms with E-state index in [1.54, 1.807) is 0 Å². The molecule has 1 aliphatic heterocycles. The van der Waals surface area contributed by atoms with Gasteiger partial charge in [0.15, 0.2) is 0 Å². The Morgan fingerprint density at radius 1 is 1.73 bits per heavy atom. The van der Waals surface area contributed by atoms with Crippen LogP contribution in [0.2, 0.25) is 0 Å². The normalized spacial score (nSPS) is 41.9. The topological polar surface area (TPSA) is 96.0 Å². The number of carbonyl (C=O) groups is 1. The lowest BCUT2D eigenvalue weighted by molar-refractivity contribution is -0.120. The molecule has 1 amide bonds. The summed E-state index contributed by atoms with van der Waals surface area (Å²) in [6, 6.07) is -0.220. The van der Waals surface area contributed by atoms with E-state index in [1.807, 2.05) is 0 Å². The van der Waals surface area contributed by atoms with Crippen molar-refractivity contribution in [2.75, 3.05) is 12.0 Å². The van der Waals surface area contributed by atoms with Gasteiger partial charge in [0.2, 0.25) is 5.91 Å². The summed E-state index contributed by atoms with van der Waals surface area (Å²) in [5, 5.41) is 3.23. The molecule has 2 rings (SSSR count). The van der Waals surface area contributed by atoms with Crippen LogP contribution >= 0.6 is 0 Å². The van der Waals surface area contributed by atoms with Crippen LogP contribution in [0, 0.1) is 10.7 Å². The quantitative estimate of drug-likeness (QED) is 0.617. The third kappa shape index (κ3) is 2.15. The summed E-state index contributed by atoms with van der Waals surface area (Å²) in [7, 11) is -2.42. The zero-order chi connectivity index (χ0) is 11.3. The number of hydrogen-bond donors (Lipinski definition) is 3. The van der Waals surface area contributed by atoms with Gasteiger partial charge in [-0.15, -0.1) is 0 Å². The summed E-state index contributed by atoms with van der Waals surface area (Å²) in [5.41, 5.74) is 5.20. The SMILES string of the molecule is CS(=N)(=O)CCC12CC1CC(C(N)=O)N2. The summed E-state index contributed by atoms with van der Waals surface area (Å²) in [5.74, 6) is 0.601. The van der Waals surface area contributed by atoms with E-state index in [-0.39, 0.29) is 17.5 Å². The molecule has 0 aromatic carbocycles. The first-order chi connectivity index (χ1) is 6.82. The number of hydrogen-bond acceptors (Lipinski definition) is 4. The lowest BCUT2D eigenvalue weighted by Crippen LogP contribution is -2.43. The maximum atomic E-state index is 11.3. The molecule has 1 saturated heterocycles. The second kappa shape index (κ2) is 3.18. The Balaban J connectivity index is 1.93. The number of nitrogens with two attached hydrogens (primary N) is 1. The van der Waals surface area contributed by atoms with Crippen molar-refractivity contribution in [1.82, 2.24) is 5.32 Å². The molecule has 0 bridgehead atoms. The van der Waals surface area contributed by atoms with E-state index < -0.39 is 9.73 Å². The van der Waals surface area contributed by atoms with Crippen LogP contribution in [0.5, 0.6) is 0 Å². The van der Waals surface area contributed by atoms with Gasteiger partial charge in [-0.1, -0.05) is 0 Å². The maximum Gasteiger partial charge on any atom is 0.234 e. The number of primary amides is 1. The first kappa shape index (κ1) is 10.9. The van der Waals surface area contributed by atoms with E-state index in [9.17, 15) is 9.00 Å². The average Bonchev–Trinajstić information content (AvgIpc) is 2.65. The number of piperidine rings is 1. The maximum absolute atomic E-state index is 11.3. The highest BCUT2D eigenvalue weighted by molar-refractivity contribution is 7.91. The lowest BCUT2D eigenvalue weighted by Gasteiger charge is -2.17. The summed E-state index contributed by atoms with van der Waals surface area (Å²) in [6.45, 7) is 0. The Kier molecular flexibility index (Phi) is 2.31. The van der Waals surface area contributed by atoms with Crippen molar-refractivity contribution in [3.05, 3.63) is 0 Å². The number of fused-ring (bicyclic) bond motifs is 1. The number of amides is 1. The van der Waals surface area contributed by atoms with Crippen LogP contribution in [-0.2, 0) is 14.5 Å². The Labute approximate surface area is 89.8 Å². The summed E-state index contributed by atoms with van der Waals surface area (Å²) in [6.07, 6.45) is 4.02. The van der Waals surface area contributed by atoms with Gasteiger partial charge in [-0.2, -0.15) is 0 Å². The molecular weight excluding hydrogens is 214 g/mol. The largest absolute Gasteiger partial charge is 0.368 e. The Morgan fingerprint density at radius 2 is 2.40 bits per heavy atom. The van der Waals surface area contributed by atoms with Crippen LogP contribution in [0.25, 0.3) is 0 Å². The molecule has 6 heteroatoms. The number of rotatable bonds is 4. The van der Waals surface area contributed by atoms with Crippen molar-refractivity contribution in [2.24, 2.45) is 11.7 Å². The molecule has 2 aliphatic rings. The molecule has 1 saturated carbocycles. The fourth-order valence-corrected chi connectivity index (χ4v) is 3.25. The van der Waals surface area contributed by atoms with E-state index in [0.29, 0.717) is 11.7 Å². The van der Waals surface area contributed by atoms with Gasteiger partial charge in [0.05, 0.1) is 6.04 Å². The fraction of sp³-hybridized carbons (Fsp3) is 0.889. The summed E-state index contributed by atoms with van der Waals surface area (Å²) < 4.78 is 18.6. The van der Waals surface area contributed by atoms with Crippen molar-refractivity contribution in [3.63, 3.8) is 0 Å². The molecule has 0 aromatic heterocycles. The summed E-state index contributed by atoms with van der Waals surface area (Å²) >= 11 is 0. The van der Waals surface area contributed by atoms with E-state index in [2.05, 4.69) is 5.32 Å². The highest BCUT2D eigenvalue weighted by Gasteiger charge is 2.60. The van der Waals surface area contributed by atoms with Crippen LogP contribution in [0.15, 0.2) is 0 Å². The Bertz CT molecular complexity index is 392. The van der Waals surface area contributed by atoms with Crippen molar-refractivity contribution in [1.29, 1.82) is 4.78 Å². The van der Waals surface area contributed by atoms with Gasteiger partial charge >= 0.3 is 0 Å². The van der Waals surface area contributed by atoms with Gasteiger partial charge in [-0.25, -0.2) is 0 Å². The van der Waals surface area contributed by atoms with Crippen molar-refractivity contribution in [2.45, 2.75) is 30.8 Å². The zero-order valence-corrected chi connectivity index (χ0v) is 9.60. The van der Waals surface area contributed by atoms with E-state index in [4.69, 9.17) is 10.5 Å². The summed E-state index contributed by atoms with van der Waals surface area (Å²) in [4.78, 5) is 11.0. The van der Waals surface area contributed by atoms with Crippen LogP contribution in [-0.4, -0.2) is 33.7 Å². The molecule has 15 heavy (non-hydrogen) atoms. The van der Waals surface area contributed by atoms with Gasteiger partial charge in [-0.05, 0) is 25.2 Å². The number of carbonyl (C=O) groups excluding carboxylic acids is 1. The molecule has 2 fully saturated rings. The van der Waals surface area contributed by atoms with Gasteiger partial charge in [-0.3, -0.25) is 19.1 Å². The molecule has 0 radical (unpaired) electrons. The minimum absolute atomic E-state index is 0.0284. The third-order valence-electron chi connectivity index (χ3n) is 3.50. The molecule has 0 aromatic rings. The van der Waals surface area contributed by atoms with Crippen LogP contribution in [0.4, 0.5) is 0 Å². The highest BCUT2D eigenvalue weighted by atomic mass is 32.2. The van der Waals surface area contributed by atoms with Crippen molar-refractivity contribution < 1.29 is 9.00 Å². The average molecular weight is 231 g/mol. The van der Waals surface area contributed by atoms with E-state index in [0.717, 1.165) is 19.3 Å². The second-order valence-corrected chi connectivity index (χ2v) is 7.27. The van der Waals surface area contributed by atoms with Gasteiger partial charge in [0.25, 0.3) is 0 Å². The van der Waals surface area contributed by atoms with Crippen LogP contribution < -0.4 is 11.1 Å². The Morgan fingerprint density at radius 3 is 2.87 bits per heavy atom. The van der Waals surface area contributed by atoms with Gasteiger partial charge < -0.3 is 5.73 Å². The molecule has 86 valence electrons. The number of nitrogens with one attached hydrogen (secondary N) is 2. The molecule has 4 N–H and O–H groups in total. The molecule has 0 spiro atoms. The van der Waals surface area contributed by atoms with Gasteiger partial charge in [0, 0.05) is 27.3 Å². The molecular formula is C9H17N3O2S. The highest BCUT2D eigenvalue weighted by Crippen LogP contribution is 2.53. The van der Waals surface area contributed by atoms with Crippen LogP contribution in [0.1, 0.15) is 19.3 Å². The molecule has 1 heterocycles. The lowest BCUT2D eigenvalue weighted by atomic mass is 10.1. The molecule has 1 aliphatic carbocycles. The molecule has 4 atom stereocenters. The predicted octanol–water partition coefficient (Wildman–Crippen LogP) is -0.341. The first-order valence-electron chi connectivity index (χ1n) is 5.11. The first-order valence-corrected chi connectivity index (χ1v) is 7.24. The minimum atomic E-state index is -2.42. The standard InChI is InChI=1S/C9H17N3O2S/c1-15(11,14)3-2-9-5-6(9)4-7(12-9)8(10)13/h6-7,11-12H,2-5H2,1H3,(H2,10,13). The van der Waals surface area contributed by atoms with Crippen LogP contribution in [0.3, 0.4) is 0 Å². The zero-order valence-electron chi connectivity index (χ0n) is 8.79.